The lowest BCUT2D eigenvalue weighted by Gasteiger charge is -2.02. The molecule has 0 aliphatic carbocycles. The average Bonchev–Trinajstić information content (AvgIpc) is 2.25. The van der Waals surface area contributed by atoms with Crippen molar-refractivity contribution in [1.82, 2.24) is 0 Å². The summed E-state index contributed by atoms with van der Waals surface area (Å²) in [5.41, 5.74) is 0.509. The number of carbonyl (C=O) groups is 1. The normalized spacial score (nSPS) is 9.33. The minimum absolute atomic E-state index is 0.0316. The molecular weight excluding hydrogens is 195 g/mol. The molecule has 15 heavy (non-hydrogen) atoms. The second-order valence-corrected chi connectivity index (χ2v) is 2.96. The molecule has 0 fully saturated rings. The molecule has 0 radical (unpaired) electrons. The van der Waals surface area contributed by atoms with Gasteiger partial charge >= 0.3 is 5.97 Å². The first kappa shape index (κ1) is 11.3. The molecule has 0 spiro atoms. The average molecular weight is 206 g/mol. The summed E-state index contributed by atoms with van der Waals surface area (Å²) in [4.78, 5) is 11.0. The van der Waals surface area contributed by atoms with E-state index in [-0.39, 0.29) is 18.8 Å². The van der Waals surface area contributed by atoms with Crippen LogP contribution in [-0.2, 0) is 16.0 Å². The number of carbonyl (C=O) groups excluding carboxylic acids is 1. The Labute approximate surface area is 88.1 Å². The Bertz CT molecular complexity index is 379. The summed E-state index contributed by atoms with van der Waals surface area (Å²) >= 11 is 0. The van der Waals surface area contributed by atoms with Crippen LogP contribution in [0.15, 0.2) is 24.3 Å². The zero-order chi connectivity index (χ0) is 11.1. The first-order valence-electron chi connectivity index (χ1n) is 4.56. The SMILES string of the molecule is C#CCOC(=O)CCc1ccccc1F. The van der Waals surface area contributed by atoms with Crippen LogP contribution in [0.2, 0.25) is 0 Å². The third-order valence-electron chi connectivity index (χ3n) is 1.87. The second kappa shape index (κ2) is 5.82. The Morgan fingerprint density at radius 3 is 2.87 bits per heavy atom. The van der Waals surface area contributed by atoms with Crippen LogP contribution in [0.4, 0.5) is 4.39 Å². The monoisotopic (exact) mass is 206 g/mol. The lowest BCUT2D eigenvalue weighted by molar-refractivity contribution is -0.142. The molecule has 0 amide bonds. The Morgan fingerprint density at radius 2 is 2.20 bits per heavy atom. The topological polar surface area (TPSA) is 26.3 Å². The van der Waals surface area contributed by atoms with Crippen LogP contribution >= 0.6 is 0 Å². The largest absolute Gasteiger partial charge is 0.452 e. The summed E-state index contributed by atoms with van der Waals surface area (Å²) in [6.45, 7) is -0.0316. The molecule has 0 unspecified atom stereocenters. The minimum Gasteiger partial charge on any atom is -0.452 e. The van der Waals surface area contributed by atoms with Gasteiger partial charge in [0.1, 0.15) is 5.82 Å². The van der Waals surface area contributed by atoms with Crippen molar-refractivity contribution in [2.45, 2.75) is 12.8 Å². The molecular formula is C12H11FO2. The summed E-state index contributed by atoms with van der Waals surface area (Å²) in [5, 5.41) is 0. The predicted octanol–water partition coefficient (Wildman–Crippen LogP) is 1.93. The van der Waals surface area contributed by atoms with Gasteiger partial charge in [0, 0.05) is 6.42 Å². The van der Waals surface area contributed by atoms with Crippen LogP contribution in [0.5, 0.6) is 0 Å². The van der Waals surface area contributed by atoms with Gasteiger partial charge in [-0.1, -0.05) is 24.1 Å². The van der Waals surface area contributed by atoms with E-state index in [4.69, 9.17) is 6.42 Å². The summed E-state index contributed by atoms with van der Waals surface area (Å²) in [5.74, 6) is 1.48. The van der Waals surface area contributed by atoms with E-state index in [1.807, 2.05) is 0 Å². The van der Waals surface area contributed by atoms with Crippen molar-refractivity contribution in [2.75, 3.05) is 6.61 Å². The number of hydrogen-bond acceptors (Lipinski definition) is 2. The Hall–Kier alpha value is -1.82. The van der Waals surface area contributed by atoms with Gasteiger partial charge in [0.25, 0.3) is 0 Å². The van der Waals surface area contributed by atoms with Crippen molar-refractivity contribution in [3.8, 4) is 12.3 Å². The quantitative estimate of drug-likeness (QED) is 0.556. The van der Waals surface area contributed by atoms with Crippen molar-refractivity contribution in [2.24, 2.45) is 0 Å². The number of rotatable bonds is 4. The fourth-order valence-corrected chi connectivity index (χ4v) is 1.13. The highest BCUT2D eigenvalue weighted by Gasteiger charge is 2.05. The van der Waals surface area contributed by atoms with Gasteiger partial charge in [-0.05, 0) is 18.1 Å². The second-order valence-electron chi connectivity index (χ2n) is 2.96. The molecule has 0 N–H and O–H groups in total. The highest BCUT2D eigenvalue weighted by Crippen LogP contribution is 2.09. The summed E-state index contributed by atoms with van der Waals surface area (Å²) in [6.07, 6.45) is 5.39. The third kappa shape index (κ3) is 3.82. The van der Waals surface area contributed by atoms with Gasteiger partial charge < -0.3 is 4.74 Å². The Kier molecular flexibility index (Phi) is 4.36. The summed E-state index contributed by atoms with van der Waals surface area (Å²) < 4.78 is 17.8. The van der Waals surface area contributed by atoms with E-state index >= 15 is 0 Å². The fraction of sp³-hybridized carbons (Fsp3) is 0.250. The summed E-state index contributed by atoms with van der Waals surface area (Å²) in [7, 11) is 0. The number of hydrogen-bond donors (Lipinski definition) is 0. The lowest BCUT2D eigenvalue weighted by Crippen LogP contribution is -2.06. The highest BCUT2D eigenvalue weighted by molar-refractivity contribution is 5.69. The minimum atomic E-state index is -0.406. The van der Waals surface area contributed by atoms with Crippen LogP contribution < -0.4 is 0 Å². The van der Waals surface area contributed by atoms with Gasteiger partial charge in [-0.2, -0.15) is 0 Å². The molecule has 2 nitrogen and oxygen atoms in total. The molecule has 78 valence electrons. The van der Waals surface area contributed by atoms with Crippen molar-refractivity contribution >= 4 is 5.97 Å². The standard InChI is InChI=1S/C12H11FO2/c1-2-9-15-12(14)8-7-10-5-3-4-6-11(10)13/h1,3-6H,7-9H2. The number of benzene rings is 1. The van der Waals surface area contributed by atoms with Crippen LogP contribution in [-0.4, -0.2) is 12.6 Å². The van der Waals surface area contributed by atoms with Gasteiger partial charge in [0.2, 0.25) is 0 Å². The lowest BCUT2D eigenvalue weighted by atomic mass is 10.1. The van der Waals surface area contributed by atoms with Gasteiger partial charge in [0.15, 0.2) is 6.61 Å². The first-order valence-corrected chi connectivity index (χ1v) is 4.56. The molecule has 0 aliphatic heterocycles. The van der Waals surface area contributed by atoms with E-state index in [9.17, 15) is 9.18 Å². The third-order valence-corrected chi connectivity index (χ3v) is 1.87. The van der Waals surface area contributed by atoms with E-state index < -0.39 is 5.97 Å². The molecule has 0 saturated heterocycles. The molecule has 1 aromatic carbocycles. The fourth-order valence-electron chi connectivity index (χ4n) is 1.13. The Morgan fingerprint density at radius 1 is 1.47 bits per heavy atom. The smallest absolute Gasteiger partial charge is 0.307 e. The van der Waals surface area contributed by atoms with E-state index in [0.717, 1.165) is 0 Å². The highest BCUT2D eigenvalue weighted by atomic mass is 19.1. The number of terminal acetylenes is 1. The van der Waals surface area contributed by atoms with E-state index in [2.05, 4.69) is 10.7 Å². The molecule has 1 rings (SSSR count). The molecule has 0 heterocycles. The number of esters is 1. The van der Waals surface area contributed by atoms with E-state index in [1.54, 1.807) is 18.2 Å². The van der Waals surface area contributed by atoms with Gasteiger partial charge in [-0.15, -0.1) is 6.42 Å². The van der Waals surface area contributed by atoms with Crippen molar-refractivity contribution in [3.05, 3.63) is 35.6 Å². The van der Waals surface area contributed by atoms with Gasteiger partial charge in [-0.3, -0.25) is 4.79 Å². The van der Waals surface area contributed by atoms with Crippen molar-refractivity contribution in [1.29, 1.82) is 0 Å². The molecule has 3 heteroatoms. The number of ether oxygens (including phenoxy) is 1. The maximum atomic E-state index is 13.1. The molecule has 0 aliphatic rings. The molecule has 1 aromatic rings. The number of aryl methyl sites for hydroxylation is 1. The van der Waals surface area contributed by atoms with Crippen LogP contribution in [0.25, 0.3) is 0 Å². The number of halogens is 1. The van der Waals surface area contributed by atoms with Gasteiger partial charge in [-0.25, -0.2) is 4.39 Å². The Balaban J connectivity index is 2.41. The zero-order valence-electron chi connectivity index (χ0n) is 8.20. The molecule has 0 bridgehead atoms. The summed E-state index contributed by atoms with van der Waals surface area (Å²) in [6, 6.07) is 6.34. The van der Waals surface area contributed by atoms with Crippen LogP contribution in [0.1, 0.15) is 12.0 Å². The molecule has 0 atom stereocenters. The molecule has 0 aromatic heterocycles. The molecule has 0 saturated carbocycles. The maximum Gasteiger partial charge on any atom is 0.307 e. The van der Waals surface area contributed by atoms with Crippen LogP contribution in [0.3, 0.4) is 0 Å². The van der Waals surface area contributed by atoms with Crippen molar-refractivity contribution < 1.29 is 13.9 Å². The van der Waals surface area contributed by atoms with E-state index in [1.165, 1.54) is 6.07 Å². The van der Waals surface area contributed by atoms with Crippen molar-refractivity contribution in [3.63, 3.8) is 0 Å². The van der Waals surface area contributed by atoms with Crippen LogP contribution in [0, 0.1) is 18.2 Å². The van der Waals surface area contributed by atoms with Gasteiger partial charge in [0.05, 0.1) is 0 Å². The zero-order valence-corrected chi connectivity index (χ0v) is 8.20. The predicted molar refractivity (Wildman–Crippen MR) is 54.5 cm³/mol. The first-order chi connectivity index (χ1) is 7.24. The maximum absolute atomic E-state index is 13.1. The van der Waals surface area contributed by atoms with E-state index in [0.29, 0.717) is 12.0 Å².